The molecule has 1 amide bonds. The highest BCUT2D eigenvalue weighted by Gasteiger charge is 2.28. The van der Waals surface area contributed by atoms with Gasteiger partial charge in [0, 0.05) is 6.54 Å². The lowest BCUT2D eigenvalue weighted by molar-refractivity contribution is 0.0680. The topological polar surface area (TPSA) is 59.5 Å². The summed E-state index contributed by atoms with van der Waals surface area (Å²) in [5, 5.41) is 0. The Bertz CT molecular complexity index is 621. The van der Waals surface area contributed by atoms with Gasteiger partial charge in [-0.1, -0.05) is 43.2 Å². The minimum absolute atomic E-state index is 0.0409. The predicted octanol–water partition coefficient (Wildman–Crippen LogP) is 3.50. The Hall–Kier alpha value is -2.07. The molecule has 0 radical (unpaired) electrons. The van der Waals surface area contributed by atoms with E-state index in [-0.39, 0.29) is 11.9 Å². The zero-order chi connectivity index (χ0) is 15.4. The molecule has 1 aromatic heterocycles. The summed E-state index contributed by atoms with van der Waals surface area (Å²) in [4.78, 5) is 14.9. The van der Waals surface area contributed by atoms with E-state index < -0.39 is 0 Å². The van der Waals surface area contributed by atoms with Crippen LogP contribution in [-0.4, -0.2) is 17.4 Å². The first-order valence-corrected chi connectivity index (χ1v) is 7.93. The highest BCUT2D eigenvalue weighted by molar-refractivity contribution is 5.94. The Morgan fingerprint density at radius 3 is 2.77 bits per heavy atom. The minimum Gasteiger partial charge on any atom is -0.467 e. The molecular formula is C18H22N2O2. The zero-order valence-corrected chi connectivity index (χ0v) is 12.7. The molecule has 1 aliphatic rings. The van der Waals surface area contributed by atoms with Crippen molar-refractivity contribution in [1.82, 2.24) is 4.90 Å². The molecule has 22 heavy (non-hydrogen) atoms. The second kappa shape index (κ2) is 6.79. The summed E-state index contributed by atoms with van der Waals surface area (Å²) in [7, 11) is 0. The fraction of sp³-hybridized carbons (Fsp3) is 0.389. The Labute approximate surface area is 130 Å². The first-order chi connectivity index (χ1) is 10.8. The third-order valence-corrected chi connectivity index (χ3v) is 4.30. The summed E-state index contributed by atoms with van der Waals surface area (Å²) in [5.41, 5.74) is 7.38. The third kappa shape index (κ3) is 3.07. The Morgan fingerprint density at radius 2 is 2.05 bits per heavy atom. The molecule has 0 bridgehead atoms. The molecule has 3 rings (SSSR count). The molecule has 1 saturated heterocycles. The van der Waals surface area contributed by atoms with Gasteiger partial charge < -0.3 is 15.1 Å². The number of nitrogens with zero attached hydrogens (tertiary/aromatic N) is 1. The zero-order valence-electron chi connectivity index (χ0n) is 12.7. The number of nitrogens with two attached hydrogens (primary N) is 1. The van der Waals surface area contributed by atoms with Crippen molar-refractivity contribution in [2.75, 3.05) is 6.54 Å². The molecule has 1 fully saturated rings. The van der Waals surface area contributed by atoms with Crippen LogP contribution in [0.25, 0.3) is 0 Å². The lowest BCUT2D eigenvalue weighted by Gasteiger charge is -2.30. The Morgan fingerprint density at radius 1 is 1.23 bits per heavy atom. The highest BCUT2D eigenvalue weighted by atomic mass is 16.3. The van der Waals surface area contributed by atoms with Crippen LogP contribution in [-0.2, 0) is 6.54 Å². The molecule has 0 spiro atoms. The molecule has 1 atom stereocenters. The number of hydrogen-bond donors (Lipinski definition) is 1. The normalized spacial score (nSPS) is 19.0. The van der Waals surface area contributed by atoms with Crippen molar-refractivity contribution in [1.29, 1.82) is 0 Å². The van der Waals surface area contributed by atoms with Crippen molar-refractivity contribution in [3.05, 3.63) is 59.5 Å². The molecular weight excluding hydrogens is 276 g/mol. The van der Waals surface area contributed by atoms with Crippen molar-refractivity contribution in [3.63, 3.8) is 0 Å². The van der Waals surface area contributed by atoms with E-state index in [4.69, 9.17) is 10.2 Å². The van der Waals surface area contributed by atoms with E-state index >= 15 is 0 Å². The lowest BCUT2D eigenvalue weighted by atomic mass is 10.0. The first kappa shape index (κ1) is 14.9. The number of carbonyl (C=O) groups excluding carboxylic acids is 1. The fourth-order valence-electron chi connectivity index (χ4n) is 3.14. The van der Waals surface area contributed by atoms with Crippen LogP contribution in [0.15, 0.2) is 47.1 Å². The standard InChI is InChI=1S/C18H22N2O2/c19-12-16-11-15(13-22-16)18(21)20-10-6-2-5-9-17(20)14-7-3-1-4-8-14/h1,3-4,7-8,11,13,17H,2,5-6,9-10,12,19H2. The summed E-state index contributed by atoms with van der Waals surface area (Å²) in [5.74, 6) is 0.689. The van der Waals surface area contributed by atoms with E-state index in [1.165, 1.54) is 18.2 Å². The van der Waals surface area contributed by atoms with E-state index in [1.807, 2.05) is 23.1 Å². The summed E-state index contributed by atoms with van der Waals surface area (Å²) < 4.78 is 5.33. The SMILES string of the molecule is NCc1cc(C(=O)N2CCCCCC2c2ccccc2)co1. The van der Waals surface area contributed by atoms with Gasteiger partial charge in [-0.3, -0.25) is 4.79 Å². The molecule has 1 aromatic carbocycles. The predicted molar refractivity (Wildman–Crippen MR) is 85.3 cm³/mol. The molecule has 116 valence electrons. The number of rotatable bonds is 3. The van der Waals surface area contributed by atoms with Crippen molar-refractivity contribution in [3.8, 4) is 0 Å². The molecule has 2 aromatic rings. The first-order valence-electron chi connectivity index (χ1n) is 7.93. The van der Waals surface area contributed by atoms with Crippen molar-refractivity contribution in [2.24, 2.45) is 5.73 Å². The van der Waals surface area contributed by atoms with Gasteiger partial charge in [0.2, 0.25) is 0 Å². The maximum atomic E-state index is 12.9. The molecule has 2 heterocycles. The molecule has 1 unspecified atom stereocenters. The van der Waals surface area contributed by atoms with Crippen LogP contribution in [0.3, 0.4) is 0 Å². The summed E-state index contributed by atoms with van der Waals surface area (Å²) in [6, 6.07) is 12.2. The number of hydrogen-bond acceptors (Lipinski definition) is 3. The van der Waals surface area contributed by atoms with E-state index in [0.717, 1.165) is 25.8 Å². The van der Waals surface area contributed by atoms with E-state index in [9.17, 15) is 4.79 Å². The number of furan rings is 1. The van der Waals surface area contributed by atoms with Crippen molar-refractivity contribution in [2.45, 2.75) is 38.3 Å². The van der Waals surface area contributed by atoms with Gasteiger partial charge in [0.15, 0.2) is 0 Å². The Kier molecular flexibility index (Phi) is 4.59. The lowest BCUT2D eigenvalue weighted by Crippen LogP contribution is -2.34. The molecule has 0 aliphatic carbocycles. The van der Waals surface area contributed by atoms with Crippen molar-refractivity contribution >= 4 is 5.91 Å². The van der Waals surface area contributed by atoms with Crippen LogP contribution in [0.5, 0.6) is 0 Å². The van der Waals surface area contributed by atoms with Gasteiger partial charge in [0.1, 0.15) is 12.0 Å². The smallest absolute Gasteiger partial charge is 0.257 e. The van der Waals surface area contributed by atoms with E-state index in [2.05, 4.69) is 12.1 Å². The van der Waals surface area contributed by atoms with Crippen molar-refractivity contribution < 1.29 is 9.21 Å². The van der Waals surface area contributed by atoms with Gasteiger partial charge in [-0.2, -0.15) is 0 Å². The largest absolute Gasteiger partial charge is 0.467 e. The van der Waals surface area contributed by atoms with E-state index in [1.54, 1.807) is 6.07 Å². The average molecular weight is 298 g/mol. The number of benzene rings is 1. The molecule has 1 aliphatic heterocycles. The number of carbonyl (C=O) groups is 1. The average Bonchev–Trinajstić information content (AvgIpc) is 2.92. The molecule has 4 heteroatoms. The molecule has 0 saturated carbocycles. The summed E-state index contributed by atoms with van der Waals surface area (Å²) in [6.07, 6.45) is 5.92. The maximum absolute atomic E-state index is 12.9. The van der Waals surface area contributed by atoms with Gasteiger partial charge in [0.25, 0.3) is 5.91 Å². The molecule has 4 nitrogen and oxygen atoms in total. The van der Waals surface area contributed by atoms with E-state index in [0.29, 0.717) is 17.9 Å². The van der Waals surface area contributed by atoms with Gasteiger partial charge in [-0.15, -0.1) is 0 Å². The van der Waals surface area contributed by atoms with Crippen LogP contribution in [0, 0.1) is 0 Å². The minimum atomic E-state index is 0.0409. The molecule has 2 N–H and O–H groups in total. The van der Waals surface area contributed by atoms with Gasteiger partial charge >= 0.3 is 0 Å². The fourth-order valence-corrected chi connectivity index (χ4v) is 3.14. The van der Waals surface area contributed by atoms with Crippen LogP contribution < -0.4 is 5.73 Å². The number of amides is 1. The second-order valence-corrected chi connectivity index (χ2v) is 5.78. The van der Waals surface area contributed by atoms with Crippen LogP contribution >= 0.6 is 0 Å². The van der Waals surface area contributed by atoms with Crippen LogP contribution in [0.2, 0.25) is 0 Å². The maximum Gasteiger partial charge on any atom is 0.257 e. The van der Waals surface area contributed by atoms with Crippen LogP contribution in [0.1, 0.15) is 53.4 Å². The quantitative estimate of drug-likeness (QED) is 0.943. The third-order valence-electron chi connectivity index (χ3n) is 4.30. The van der Waals surface area contributed by atoms with Gasteiger partial charge in [-0.05, 0) is 24.5 Å². The Balaban J connectivity index is 1.88. The van der Waals surface area contributed by atoms with Crippen LogP contribution in [0.4, 0.5) is 0 Å². The monoisotopic (exact) mass is 298 g/mol. The summed E-state index contributed by atoms with van der Waals surface area (Å²) in [6.45, 7) is 1.11. The van der Waals surface area contributed by atoms with Gasteiger partial charge in [-0.25, -0.2) is 0 Å². The summed E-state index contributed by atoms with van der Waals surface area (Å²) >= 11 is 0. The number of likely N-dealkylation sites (tertiary alicyclic amines) is 1. The highest BCUT2D eigenvalue weighted by Crippen LogP contribution is 2.31. The van der Waals surface area contributed by atoms with Gasteiger partial charge in [0.05, 0.1) is 18.2 Å². The second-order valence-electron chi connectivity index (χ2n) is 5.78.